The SMILES string of the molecule is CC(C)(C)C(=O)[C@@H]1C[C@@H]2C[C@@H]2N1. The second-order valence-electron chi connectivity index (χ2n) is 5.17. The summed E-state index contributed by atoms with van der Waals surface area (Å²) in [5, 5.41) is 3.38. The molecule has 0 spiro atoms. The topological polar surface area (TPSA) is 29.1 Å². The fourth-order valence-corrected chi connectivity index (χ4v) is 2.05. The van der Waals surface area contributed by atoms with Gasteiger partial charge in [-0.15, -0.1) is 0 Å². The third-order valence-corrected chi connectivity index (χ3v) is 2.93. The van der Waals surface area contributed by atoms with Crippen LogP contribution in [0, 0.1) is 11.3 Å². The van der Waals surface area contributed by atoms with Crippen molar-refractivity contribution in [3.05, 3.63) is 0 Å². The highest BCUT2D eigenvalue weighted by Crippen LogP contribution is 2.42. The van der Waals surface area contributed by atoms with Gasteiger partial charge in [-0.2, -0.15) is 0 Å². The van der Waals surface area contributed by atoms with Crippen molar-refractivity contribution < 1.29 is 4.79 Å². The molecule has 68 valence electrons. The Morgan fingerprint density at radius 1 is 1.33 bits per heavy atom. The lowest BCUT2D eigenvalue weighted by Crippen LogP contribution is -2.40. The van der Waals surface area contributed by atoms with Gasteiger partial charge in [-0.25, -0.2) is 0 Å². The van der Waals surface area contributed by atoms with Crippen LogP contribution in [0.2, 0.25) is 0 Å². The normalized spacial score (nSPS) is 39.4. The Bertz CT molecular complexity index is 206. The molecule has 1 saturated heterocycles. The first-order chi connectivity index (χ1) is 5.48. The monoisotopic (exact) mass is 167 g/mol. The molecule has 0 amide bonds. The van der Waals surface area contributed by atoms with Gasteiger partial charge in [0.05, 0.1) is 6.04 Å². The van der Waals surface area contributed by atoms with Crippen molar-refractivity contribution in [1.29, 1.82) is 0 Å². The van der Waals surface area contributed by atoms with Gasteiger partial charge in [-0.3, -0.25) is 4.79 Å². The first-order valence-electron chi connectivity index (χ1n) is 4.79. The molecule has 2 rings (SSSR count). The van der Waals surface area contributed by atoms with Gasteiger partial charge >= 0.3 is 0 Å². The summed E-state index contributed by atoms with van der Waals surface area (Å²) in [6, 6.07) is 0.843. The predicted molar refractivity (Wildman–Crippen MR) is 47.9 cm³/mol. The maximum Gasteiger partial charge on any atom is 0.155 e. The van der Waals surface area contributed by atoms with Crippen molar-refractivity contribution in [3.63, 3.8) is 0 Å². The maximum atomic E-state index is 11.8. The van der Waals surface area contributed by atoms with Crippen LogP contribution < -0.4 is 5.32 Å². The summed E-state index contributed by atoms with van der Waals surface area (Å²) < 4.78 is 0. The van der Waals surface area contributed by atoms with Crippen LogP contribution in [0.1, 0.15) is 33.6 Å². The van der Waals surface area contributed by atoms with E-state index in [2.05, 4.69) is 5.32 Å². The van der Waals surface area contributed by atoms with Gasteiger partial charge in [0.1, 0.15) is 0 Å². The van der Waals surface area contributed by atoms with Crippen LogP contribution in [-0.2, 0) is 4.79 Å². The van der Waals surface area contributed by atoms with E-state index in [1.807, 2.05) is 20.8 Å². The summed E-state index contributed by atoms with van der Waals surface area (Å²) in [5.41, 5.74) is -0.172. The molecule has 1 aliphatic carbocycles. The average molecular weight is 167 g/mol. The molecular weight excluding hydrogens is 150 g/mol. The van der Waals surface area contributed by atoms with Gasteiger partial charge in [0.15, 0.2) is 5.78 Å². The standard InChI is InChI=1S/C10H17NO/c1-10(2,3)9(12)8-5-6-4-7(6)11-8/h6-8,11H,4-5H2,1-3H3/t6-,7-,8-/m0/s1. The van der Waals surface area contributed by atoms with E-state index < -0.39 is 0 Å². The van der Waals surface area contributed by atoms with Gasteiger partial charge in [-0.05, 0) is 18.8 Å². The zero-order chi connectivity index (χ0) is 8.93. The minimum absolute atomic E-state index is 0.161. The number of carbonyl (C=O) groups is 1. The van der Waals surface area contributed by atoms with Crippen molar-refractivity contribution in [2.75, 3.05) is 0 Å². The summed E-state index contributed by atoms with van der Waals surface area (Å²) >= 11 is 0. The third kappa shape index (κ3) is 1.28. The van der Waals surface area contributed by atoms with E-state index in [-0.39, 0.29) is 11.5 Å². The van der Waals surface area contributed by atoms with Crippen molar-refractivity contribution in [2.24, 2.45) is 11.3 Å². The molecule has 0 aromatic carbocycles. The van der Waals surface area contributed by atoms with Crippen LogP contribution in [-0.4, -0.2) is 17.9 Å². The molecule has 1 N–H and O–H groups in total. The summed E-state index contributed by atoms with van der Waals surface area (Å²) in [6.45, 7) is 6.00. The smallest absolute Gasteiger partial charge is 0.155 e. The van der Waals surface area contributed by atoms with E-state index in [4.69, 9.17) is 0 Å². The summed E-state index contributed by atoms with van der Waals surface area (Å²) in [7, 11) is 0. The molecule has 3 atom stereocenters. The van der Waals surface area contributed by atoms with E-state index in [0.717, 1.165) is 12.3 Å². The highest BCUT2D eigenvalue weighted by Gasteiger charge is 2.49. The second kappa shape index (κ2) is 2.32. The Kier molecular flexibility index (Phi) is 1.59. The summed E-state index contributed by atoms with van der Waals surface area (Å²) in [5.74, 6) is 1.20. The number of fused-ring (bicyclic) bond motifs is 1. The summed E-state index contributed by atoms with van der Waals surface area (Å²) in [6.07, 6.45) is 2.38. The van der Waals surface area contributed by atoms with Gasteiger partial charge in [0.2, 0.25) is 0 Å². The molecule has 2 heteroatoms. The number of Topliss-reactive ketones (excluding diaryl/α,β-unsaturated/α-hetero) is 1. The second-order valence-corrected chi connectivity index (χ2v) is 5.17. The van der Waals surface area contributed by atoms with E-state index in [1.165, 1.54) is 6.42 Å². The van der Waals surface area contributed by atoms with Crippen molar-refractivity contribution in [1.82, 2.24) is 5.32 Å². The minimum Gasteiger partial charge on any atom is -0.304 e. The molecule has 1 heterocycles. The van der Waals surface area contributed by atoms with Crippen LogP contribution in [0.3, 0.4) is 0 Å². The zero-order valence-corrected chi connectivity index (χ0v) is 8.05. The molecule has 0 radical (unpaired) electrons. The predicted octanol–water partition coefficient (Wildman–Crippen LogP) is 1.35. The maximum absolute atomic E-state index is 11.8. The molecule has 0 bridgehead atoms. The molecule has 2 nitrogen and oxygen atoms in total. The Hall–Kier alpha value is -0.370. The number of piperidine rings is 1. The minimum atomic E-state index is -0.172. The lowest BCUT2D eigenvalue weighted by molar-refractivity contribution is -0.128. The van der Waals surface area contributed by atoms with E-state index in [9.17, 15) is 4.79 Å². The molecule has 2 aliphatic rings. The number of carbonyl (C=O) groups excluding carboxylic acids is 1. The lowest BCUT2D eigenvalue weighted by Gasteiger charge is -2.22. The van der Waals surface area contributed by atoms with Crippen LogP contribution in [0.5, 0.6) is 0 Å². The quantitative estimate of drug-likeness (QED) is 0.638. The molecule has 1 saturated carbocycles. The van der Waals surface area contributed by atoms with Crippen molar-refractivity contribution in [3.8, 4) is 0 Å². The zero-order valence-electron chi connectivity index (χ0n) is 8.05. The number of ketones is 1. The Morgan fingerprint density at radius 2 is 2.00 bits per heavy atom. The molecule has 2 fully saturated rings. The number of nitrogens with one attached hydrogen (secondary N) is 1. The van der Waals surface area contributed by atoms with Gasteiger partial charge in [-0.1, -0.05) is 20.8 Å². The first kappa shape index (κ1) is 8.24. The fraction of sp³-hybridized carbons (Fsp3) is 0.900. The van der Waals surface area contributed by atoms with Crippen LogP contribution in [0.15, 0.2) is 0 Å². The molecule has 0 aromatic heterocycles. The van der Waals surface area contributed by atoms with Gasteiger partial charge < -0.3 is 5.32 Å². The first-order valence-corrected chi connectivity index (χ1v) is 4.79. The lowest BCUT2D eigenvalue weighted by atomic mass is 9.85. The van der Waals surface area contributed by atoms with Crippen LogP contribution in [0.4, 0.5) is 0 Å². The average Bonchev–Trinajstić information content (AvgIpc) is 2.56. The van der Waals surface area contributed by atoms with Crippen molar-refractivity contribution >= 4 is 5.78 Å². The van der Waals surface area contributed by atoms with E-state index in [1.54, 1.807) is 0 Å². The third-order valence-electron chi connectivity index (χ3n) is 2.93. The van der Waals surface area contributed by atoms with Gasteiger partial charge in [0.25, 0.3) is 0 Å². The number of hydrogen-bond acceptors (Lipinski definition) is 2. The van der Waals surface area contributed by atoms with Crippen molar-refractivity contribution in [2.45, 2.75) is 45.7 Å². The Balaban J connectivity index is 1.97. The van der Waals surface area contributed by atoms with E-state index in [0.29, 0.717) is 11.8 Å². The highest BCUT2D eigenvalue weighted by atomic mass is 16.1. The van der Waals surface area contributed by atoms with Gasteiger partial charge in [0, 0.05) is 11.5 Å². The van der Waals surface area contributed by atoms with Crippen LogP contribution in [0.25, 0.3) is 0 Å². The molecule has 0 aromatic rings. The number of hydrogen-bond donors (Lipinski definition) is 1. The molecule has 12 heavy (non-hydrogen) atoms. The van der Waals surface area contributed by atoms with E-state index >= 15 is 0 Å². The summed E-state index contributed by atoms with van der Waals surface area (Å²) in [4.78, 5) is 11.8. The molecule has 0 unspecified atom stereocenters. The largest absolute Gasteiger partial charge is 0.304 e. The highest BCUT2D eigenvalue weighted by molar-refractivity contribution is 5.89. The molecule has 1 aliphatic heterocycles. The fourth-order valence-electron chi connectivity index (χ4n) is 2.05. The number of rotatable bonds is 1. The Morgan fingerprint density at radius 3 is 2.42 bits per heavy atom. The Labute approximate surface area is 73.7 Å². The van der Waals surface area contributed by atoms with Crippen LogP contribution >= 0.6 is 0 Å². The molecular formula is C10H17NO.